The number of aliphatic hydroxyl groups excluding tert-OH is 1. The molecule has 2 N–H and O–H groups in total. The number of carbonyl (C=O) groups excluding carboxylic acids is 1. The average Bonchev–Trinajstić information content (AvgIpc) is 2.42. The SMILES string of the molecule is COc1ccc(C(=O)OCC(O)CNC(C)C)cc1. The first-order valence-electron chi connectivity index (χ1n) is 6.25. The lowest BCUT2D eigenvalue weighted by atomic mass is 10.2. The van der Waals surface area contributed by atoms with Crippen LogP contribution in [0.15, 0.2) is 24.3 Å². The van der Waals surface area contributed by atoms with Crippen LogP contribution in [0.4, 0.5) is 0 Å². The van der Waals surface area contributed by atoms with Crippen LogP contribution in [0.5, 0.6) is 5.75 Å². The summed E-state index contributed by atoms with van der Waals surface area (Å²) in [4.78, 5) is 11.7. The van der Waals surface area contributed by atoms with E-state index < -0.39 is 12.1 Å². The van der Waals surface area contributed by atoms with E-state index in [-0.39, 0.29) is 12.6 Å². The number of carbonyl (C=O) groups is 1. The van der Waals surface area contributed by atoms with Gasteiger partial charge in [-0.1, -0.05) is 13.8 Å². The van der Waals surface area contributed by atoms with Gasteiger partial charge < -0.3 is 19.9 Å². The molecule has 0 saturated carbocycles. The number of nitrogens with one attached hydrogen (secondary N) is 1. The predicted molar refractivity (Wildman–Crippen MR) is 72.4 cm³/mol. The Morgan fingerprint density at radius 1 is 1.32 bits per heavy atom. The summed E-state index contributed by atoms with van der Waals surface area (Å²) >= 11 is 0. The zero-order valence-electron chi connectivity index (χ0n) is 11.6. The minimum atomic E-state index is -0.704. The van der Waals surface area contributed by atoms with Gasteiger partial charge in [-0.05, 0) is 24.3 Å². The van der Waals surface area contributed by atoms with Gasteiger partial charge in [-0.3, -0.25) is 0 Å². The van der Waals surface area contributed by atoms with Crippen LogP contribution in [-0.4, -0.2) is 43.5 Å². The second-order valence-electron chi connectivity index (χ2n) is 4.54. The van der Waals surface area contributed by atoms with Crippen molar-refractivity contribution in [1.29, 1.82) is 0 Å². The Morgan fingerprint density at radius 2 is 1.95 bits per heavy atom. The molecule has 0 aromatic heterocycles. The monoisotopic (exact) mass is 267 g/mol. The molecular formula is C14H21NO4. The summed E-state index contributed by atoms with van der Waals surface area (Å²) in [5, 5.41) is 12.7. The fraction of sp³-hybridized carbons (Fsp3) is 0.500. The van der Waals surface area contributed by atoms with E-state index in [1.807, 2.05) is 13.8 Å². The largest absolute Gasteiger partial charge is 0.497 e. The second kappa shape index (κ2) is 7.76. The van der Waals surface area contributed by atoms with Gasteiger partial charge >= 0.3 is 5.97 Å². The maximum Gasteiger partial charge on any atom is 0.338 e. The molecule has 0 aliphatic rings. The van der Waals surface area contributed by atoms with Gasteiger partial charge in [-0.25, -0.2) is 4.79 Å². The maximum absolute atomic E-state index is 11.7. The minimum absolute atomic E-state index is 0.0232. The van der Waals surface area contributed by atoms with Gasteiger partial charge in [0, 0.05) is 12.6 Å². The number of aliphatic hydroxyl groups is 1. The van der Waals surface area contributed by atoms with Crippen molar-refractivity contribution in [2.75, 3.05) is 20.3 Å². The van der Waals surface area contributed by atoms with Crippen LogP contribution in [0.25, 0.3) is 0 Å². The zero-order chi connectivity index (χ0) is 14.3. The van der Waals surface area contributed by atoms with E-state index in [1.165, 1.54) is 0 Å². The second-order valence-corrected chi connectivity index (χ2v) is 4.54. The molecule has 0 saturated heterocycles. The smallest absolute Gasteiger partial charge is 0.338 e. The van der Waals surface area contributed by atoms with Crippen molar-refractivity contribution in [2.45, 2.75) is 26.0 Å². The van der Waals surface area contributed by atoms with Crippen LogP contribution in [-0.2, 0) is 4.74 Å². The number of hydrogen-bond acceptors (Lipinski definition) is 5. The van der Waals surface area contributed by atoms with Crippen LogP contribution in [0.1, 0.15) is 24.2 Å². The molecule has 1 rings (SSSR count). The molecule has 1 aromatic carbocycles. The van der Waals surface area contributed by atoms with Gasteiger partial charge in [-0.2, -0.15) is 0 Å². The van der Waals surface area contributed by atoms with Gasteiger partial charge in [0.2, 0.25) is 0 Å². The quantitative estimate of drug-likeness (QED) is 0.727. The van der Waals surface area contributed by atoms with E-state index in [0.717, 1.165) is 0 Å². The lowest BCUT2D eigenvalue weighted by Crippen LogP contribution is -2.35. The summed E-state index contributed by atoms with van der Waals surface area (Å²) in [5.74, 6) is 0.226. The predicted octanol–water partition coefficient (Wildman–Crippen LogP) is 1.21. The van der Waals surface area contributed by atoms with Crippen LogP contribution in [0, 0.1) is 0 Å². The molecule has 1 atom stereocenters. The molecule has 1 unspecified atom stereocenters. The molecule has 19 heavy (non-hydrogen) atoms. The highest BCUT2D eigenvalue weighted by Crippen LogP contribution is 2.12. The lowest BCUT2D eigenvalue weighted by Gasteiger charge is -2.14. The van der Waals surface area contributed by atoms with Crippen molar-refractivity contribution < 1.29 is 19.4 Å². The molecular weight excluding hydrogens is 246 g/mol. The highest BCUT2D eigenvalue weighted by Gasteiger charge is 2.11. The molecule has 0 aliphatic heterocycles. The molecule has 0 spiro atoms. The van der Waals surface area contributed by atoms with Gasteiger partial charge in [0.05, 0.1) is 12.7 Å². The summed E-state index contributed by atoms with van der Waals surface area (Å²) in [5.41, 5.74) is 0.435. The van der Waals surface area contributed by atoms with Crippen molar-refractivity contribution in [3.8, 4) is 5.75 Å². The number of rotatable bonds is 7. The van der Waals surface area contributed by atoms with E-state index >= 15 is 0 Å². The Labute approximate surface area is 113 Å². The first kappa shape index (κ1) is 15.5. The molecule has 106 valence electrons. The third-order valence-electron chi connectivity index (χ3n) is 2.49. The summed E-state index contributed by atoms with van der Waals surface area (Å²) in [6.07, 6.45) is -0.704. The molecule has 0 radical (unpaired) electrons. The molecule has 5 nitrogen and oxygen atoms in total. The van der Waals surface area contributed by atoms with Gasteiger partial charge in [0.1, 0.15) is 18.5 Å². The van der Waals surface area contributed by atoms with Gasteiger partial charge in [0.15, 0.2) is 0 Å². The van der Waals surface area contributed by atoms with E-state index in [2.05, 4.69) is 5.32 Å². The minimum Gasteiger partial charge on any atom is -0.497 e. The zero-order valence-corrected chi connectivity index (χ0v) is 11.6. The highest BCUT2D eigenvalue weighted by molar-refractivity contribution is 5.89. The topological polar surface area (TPSA) is 67.8 Å². The van der Waals surface area contributed by atoms with Crippen molar-refractivity contribution >= 4 is 5.97 Å². The van der Waals surface area contributed by atoms with Gasteiger partial charge in [0.25, 0.3) is 0 Å². The fourth-order valence-electron chi connectivity index (χ4n) is 1.41. The number of ether oxygens (including phenoxy) is 2. The summed E-state index contributed by atoms with van der Waals surface area (Å²) < 4.78 is 10.0. The summed E-state index contributed by atoms with van der Waals surface area (Å²) in [6, 6.07) is 6.91. The summed E-state index contributed by atoms with van der Waals surface area (Å²) in [6.45, 7) is 4.34. The number of benzene rings is 1. The van der Waals surface area contributed by atoms with Crippen molar-refractivity contribution in [2.24, 2.45) is 0 Å². The Bertz CT molecular complexity index is 389. The Hall–Kier alpha value is -1.59. The summed E-state index contributed by atoms with van der Waals surface area (Å²) in [7, 11) is 1.56. The Morgan fingerprint density at radius 3 is 2.47 bits per heavy atom. The standard InChI is InChI=1S/C14H21NO4/c1-10(2)15-8-12(16)9-19-14(17)11-4-6-13(18-3)7-5-11/h4-7,10,12,15-16H,8-9H2,1-3H3. The first-order chi connectivity index (χ1) is 9.02. The van der Waals surface area contributed by atoms with Crippen LogP contribution in [0.3, 0.4) is 0 Å². The lowest BCUT2D eigenvalue weighted by molar-refractivity contribution is 0.0256. The van der Waals surface area contributed by atoms with Crippen molar-refractivity contribution in [1.82, 2.24) is 5.32 Å². The van der Waals surface area contributed by atoms with E-state index in [9.17, 15) is 9.90 Å². The van der Waals surface area contributed by atoms with Gasteiger partial charge in [-0.15, -0.1) is 0 Å². The molecule has 0 fully saturated rings. The van der Waals surface area contributed by atoms with Crippen LogP contribution < -0.4 is 10.1 Å². The van der Waals surface area contributed by atoms with E-state index in [1.54, 1.807) is 31.4 Å². The molecule has 1 aromatic rings. The molecule has 0 bridgehead atoms. The normalized spacial score (nSPS) is 12.3. The number of esters is 1. The van der Waals surface area contributed by atoms with Crippen molar-refractivity contribution in [3.05, 3.63) is 29.8 Å². The average molecular weight is 267 g/mol. The number of hydrogen-bond donors (Lipinski definition) is 2. The highest BCUT2D eigenvalue weighted by atomic mass is 16.5. The Kier molecular flexibility index (Phi) is 6.32. The maximum atomic E-state index is 11.7. The van der Waals surface area contributed by atoms with E-state index in [4.69, 9.17) is 9.47 Å². The third-order valence-corrected chi connectivity index (χ3v) is 2.49. The van der Waals surface area contributed by atoms with Crippen LogP contribution >= 0.6 is 0 Å². The molecule has 0 heterocycles. The molecule has 0 amide bonds. The third kappa shape index (κ3) is 5.72. The van der Waals surface area contributed by atoms with E-state index in [0.29, 0.717) is 17.9 Å². The molecule has 5 heteroatoms. The fourth-order valence-corrected chi connectivity index (χ4v) is 1.41. The number of methoxy groups -OCH3 is 1. The molecule has 0 aliphatic carbocycles. The van der Waals surface area contributed by atoms with Crippen LogP contribution in [0.2, 0.25) is 0 Å². The first-order valence-corrected chi connectivity index (χ1v) is 6.25. The van der Waals surface area contributed by atoms with Crippen molar-refractivity contribution in [3.63, 3.8) is 0 Å². The Balaban J connectivity index is 2.37.